The van der Waals surface area contributed by atoms with Gasteiger partial charge in [0.05, 0.1) is 31.0 Å². The van der Waals surface area contributed by atoms with Crippen molar-refractivity contribution in [2.75, 3.05) is 20.0 Å². The molecule has 1 aromatic heterocycles. The summed E-state index contributed by atoms with van der Waals surface area (Å²) in [5, 5.41) is 0.428. The van der Waals surface area contributed by atoms with E-state index >= 15 is 0 Å². The summed E-state index contributed by atoms with van der Waals surface area (Å²) in [7, 11) is 2.81. The lowest BCUT2D eigenvalue weighted by atomic mass is 10.1. The molecule has 0 saturated carbocycles. The van der Waals surface area contributed by atoms with Crippen molar-refractivity contribution in [3.63, 3.8) is 0 Å². The second-order valence-electron chi connectivity index (χ2n) is 4.06. The molecule has 0 aliphatic carbocycles. The zero-order chi connectivity index (χ0) is 15.6. The first-order valence-corrected chi connectivity index (χ1v) is 6.57. The minimum absolute atomic E-state index is 0.0824. The van der Waals surface area contributed by atoms with Gasteiger partial charge in [-0.1, -0.05) is 23.2 Å². The first kappa shape index (κ1) is 15.6. The largest absolute Gasteiger partial charge is 0.481 e. The number of hydrogen-bond donors (Lipinski definition) is 1. The van der Waals surface area contributed by atoms with Gasteiger partial charge in [0, 0.05) is 10.6 Å². The van der Waals surface area contributed by atoms with Gasteiger partial charge in [0.15, 0.2) is 12.0 Å². The van der Waals surface area contributed by atoms with E-state index in [0.29, 0.717) is 0 Å². The fourth-order valence-corrected chi connectivity index (χ4v) is 2.21. The van der Waals surface area contributed by atoms with Crippen LogP contribution in [0.2, 0.25) is 10.0 Å². The predicted octanol–water partition coefficient (Wildman–Crippen LogP) is 3.44. The van der Waals surface area contributed by atoms with Crippen LogP contribution in [-0.4, -0.2) is 24.2 Å². The molecule has 112 valence electrons. The monoisotopic (exact) mass is 331 g/mol. The summed E-state index contributed by atoms with van der Waals surface area (Å²) in [5.41, 5.74) is 5.95. The highest BCUT2D eigenvalue weighted by molar-refractivity contribution is 6.36. The molecule has 1 aromatic carbocycles. The van der Waals surface area contributed by atoms with E-state index in [4.69, 9.17) is 38.4 Å². The highest BCUT2D eigenvalue weighted by atomic mass is 35.5. The van der Waals surface area contributed by atoms with Crippen LogP contribution >= 0.6 is 23.2 Å². The minimum atomic E-state index is -1.72. The number of rotatable bonds is 4. The van der Waals surface area contributed by atoms with Gasteiger partial charge < -0.3 is 15.2 Å². The topological polar surface area (TPSA) is 70.3 Å². The van der Waals surface area contributed by atoms with Gasteiger partial charge in [0.2, 0.25) is 11.8 Å². The van der Waals surface area contributed by atoms with Crippen LogP contribution in [0.5, 0.6) is 11.8 Å². The van der Waals surface area contributed by atoms with E-state index in [1.54, 1.807) is 0 Å². The average Bonchev–Trinajstić information content (AvgIpc) is 2.49. The van der Waals surface area contributed by atoms with E-state index in [0.717, 1.165) is 0 Å². The summed E-state index contributed by atoms with van der Waals surface area (Å²) in [4.78, 5) is 7.89. The molecular weight excluding hydrogens is 320 g/mol. The van der Waals surface area contributed by atoms with E-state index in [-0.39, 0.29) is 38.9 Å². The van der Waals surface area contributed by atoms with Crippen LogP contribution in [0.1, 0.15) is 17.6 Å². The van der Waals surface area contributed by atoms with Crippen LogP contribution in [0.4, 0.5) is 10.1 Å². The predicted molar refractivity (Wildman–Crippen MR) is 79.0 cm³/mol. The Morgan fingerprint density at radius 3 is 2.19 bits per heavy atom. The van der Waals surface area contributed by atoms with Gasteiger partial charge in [-0.15, -0.1) is 0 Å². The quantitative estimate of drug-likeness (QED) is 0.869. The van der Waals surface area contributed by atoms with Gasteiger partial charge in [-0.3, -0.25) is 0 Å². The number of nitrogen functional groups attached to an aromatic ring is 1. The molecule has 2 N–H and O–H groups in total. The molecule has 0 radical (unpaired) electrons. The lowest BCUT2D eigenvalue weighted by Crippen LogP contribution is -2.07. The number of methoxy groups -OCH3 is 2. The lowest BCUT2D eigenvalue weighted by molar-refractivity contribution is 0.341. The van der Waals surface area contributed by atoms with Crippen molar-refractivity contribution >= 4 is 28.9 Å². The molecule has 1 unspecified atom stereocenters. The van der Waals surface area contributed by atoms with Crippen LogP contribution < -0.4 is 15.2 Å². The van der Waals surface area contributed by atoms with E-state index in [1.807, 2.05) is 0 Å². The number of nitrogens with two attached hydrogens (primary N) is 1. The molecule has 0 spiro atoms. The molecule has 21 heavy (non-hydrogen) atoms. The van der Waals surface area contributed by atoms with Crippen molar-refractivity contribution < 1.29 is 13.9 Å². The van der Waals surface area contributed by atoms with Crippen molar-refractivity contribution in [3.8, 4) is 11.8 Å². The first-order valence-electron chi connectivity index (χ1n) is 5.81. The molecule has 5 nitrogen and oxygen atoms in total. The SMILES string of the molecule is COc1cc(OC)nc(C(F)c2cc(Cl)cc(Cl)c2N)n1. The number of nitrogens with zero attached hydrogens (tertiary/aromatic N) is 2. The molecule has 0 amide bonds. The second-order valence-corrected chi connectivity index (χ2v) is 4.91. The zero-order valence-electron chi connectivity index (χ0n) is 11.2. The molecule has 0 aliphatic heterocycles. The maximum absolute atomic E-state index is 14.7. The van der Waals surface area contributed by atoms with Crippen LogP contribution in [0.3, 0.4) is 0 Å². The van der Waals surface area contributed by atoms with Crippen molar-refractivity contribution in [1.82, 2.24) is 9.97 Å². The number of aromatic nitrogens is 2. The highest BCUT2D eigenvalue weighted by Gasteiger charge is 2.22. The zero-order valence-corrected chi connectivity index (χ0v) is 12.7. The maximum Gasteiger partial charge on any atom is 0.220 e. The Morgan fingerprint density at radius 2 is 1.67 bits per heavy atom. The summed E-state index contributed by atoms with van der Waals surface area (Å²) < 4.78 is 24.6. The van der Waals surface area contributed by atoms with E-state index in [9.17, 15) is 4.39 Å². The normalized spacial score (nSPS) is 12.0. The minimum Gasteiger partial charge on any atom is -0.481 e. The number of halogens is 3. The highest BCUT2D eigenvalue weighted by Crippen LogP contribution is 2.36. The summed E-state index contributed by atoms with van der Waals surface area (Å²) in [6.45, 7) is 0. The third kappa shape index (κ3) is 3.28. The standard InChI is InChI=1S/C13H12Cl2FN3O2/c1-20-9-5-10(21-2)19-13(18-9)11(16)7-3-6(14)4-8(15)12(7)17/h3-5,11H,17H2,1-2H3. The Balaban J connectivity index is 2.51. The molecule has 0 aliphatic rings. The van der Waals surface area contributed by atoms with Gasteiger partial charge in [-0.2, -0.15) is 9.97 Å². The molecule has 1 atom stereocenters. The average molecular weight is 332 g/mol. The Hall–Kier alpha value is -1.79. The molecular formula is C13H12Cl2FN3O2. The van der Waals surface area contributed by atoms with Crippen molar-refractivity contribution in [2.24, 2.45) is 0 Å². The molecule has 1 heterocycles. The van der Waals surface area contributed by atoms with Gasteiger partial charge in [-0.25, -0.2) is 4.39 Å². The Bertz CT molecular complexity index is 648. The number of hydrogen-bond acceptors (Lipinski definition) is 5. The van der Waals surface area contributed by atoms with Crippen molar-refractivity contribution in [2.45, 2.75) is 6.17 Å². The molecule has 2 aromatic rings. The summed E-state index contributed by atoms with van der Waals surface area (Å²) >= 11 is 11.8. The third-order valence-corrected chi connectivity index (χ3v) is 3.27. The van der Waals surface area contributed by atoms with Gasteiger partial charge >= 0.3 is 0 Å². The Labute approximate surface area is 130 Å². The summed E-state index contributed by atoms with van der Waals surface area (Å²) in [6, 6.07) is 4.24. The first-order chi connectivity index (χ1) is 9.96. The van der Waals surface area contributed by atoms with Crippen LogP contribution in [0, 0.1) is 0 Å². The Morgan fingerprint density at radius 1 is 1.10 bits per heavy atom. The molecule has 0 saturated heterocycles. The smallest absolute Gasteiger partial charge is 0.220 e. The van der Waals surface area contributed by atoms with E-state index in [1.165, 1.54) is 32.4 Å². The lowest BCUT2D eigenvalue weighted by Gasteiger charge is -2.13. The van der Waals surface area contributed by atoms with E-state index in [2.05, 4.69) is 9.97 Å². The summed E-state index contributed by atoms with van der Waals surface area (Å²) in [5.74, 6) is 0.189. The Kier molecular flexibility index (Phi) is 4.69. The van der Waals surface area contributed by atoms with E-state index < -0.39 is 6.17 Å². The third-order valence-electron chi connectivity index (χ3n) is 2.74. The summed E-state index contributed by atoms with van der Waals surface area (Å²) in [6.07, 6.45) is -1.72. The second kappa shape index (κ2) is 6.32. The molecule has 2 rings (SSSR count). The van der Waals surface area contributed by atoms with Crippen molar-refractivity contribution in [1.29, 1.82) is 0 Å². The number of anilines is 1. The van der Waals surface area contributed by atoms with Gasteiger partial charge in [0.25, 0.3) is 0 Å². The van der Waals surface area contributed by atoms with Crippen LogP contribution in [-0.2, 0) is 0 Å². The number of benzene rings is 1. The van der Waals surface area contributed by atoms with Gasteiger partial charge in [0.1, 0.15) is 0 Å². The fourth-order valence-electron chi connectivity index (χ4n) is 1.70. The fraction of sp³-hybridized carbons (Fsp3) is 0.231. The molecule has 0 fully saturated rings. The number of alkyl halides is 1. The van der Waals surface area contributed by atoms with Gasteiger partial charge in [-0.05, 0) is 12.1 Å². The van der Waals surface area contributed by atoms with Crippen molar-refractivity contribution in [3.05, 3.63) is 39.6 Å². The molecule has 0 bridgehead atoms. The number of ether oxygens (including phenoxy) is 2. The molecule has 8 heteroatoms. The maximum atomic E-state index is 14.7. The van der Waals surface area contributed by atoms with Crippen LogP contribution in [0.15, 0.2) is 18.2 Å². The van der Waals surface area contributed by atoms with Crippen LogP contribution in [0.25, 0.3) is 0 Å².